The van der Waals surface area contributed by atoms with E-state index in [2.05, 4.69) is 10.1 Å². The summed E-state index contributed by atoms with van der Waals surface area (Å²) < 4.78 is 13.6. The molecule has 0 saturated carbocycles. The number of hydrogen-bond acceptors (Lipinski definition) is 6. The Labute approximate surface area is 122 Å². The summed E-state index contributed by atoms with van der Waals surface area (Å²) in [5.41, 5.74) is 5.11. The lowest BCUT2D eigenvalue weighted by Crippen LogP contribution is -2.14. The molecule has 0 atom stereocenters. The first-order chi connectivity index (χ1) is 10.0. The third-order valence-electron chi connectivity index (χ3n) is 2.48. The van der Waals surface area contributed by atoms with Crippen LogP contribution in [-0.4, -0.2) is 21.0 Å². The Hall–Kier alpha value is -2.68. The zero-order valence-electron chi connectivity index (χ0n) is 10.4. The Bertz CT molecular complexity index is 723. The van der Waals surface area contributed by atoms with Gasteiger partial charge in [0.2, 0.25) is 0 Å². The molecular formula is C12H9FN4O3S. The number of nitrogens with two attached hydrogens (primary N) is 1. The average Bonchev–Trinajstić information content (AvgIpc) is 2.49. The summed E-state index contributed by atoms with van der Waals surface area (Å²) in [7, 11) is 0. The third kappa shape index (κ3) is 3.26. The van der Waals surface area contributed by atoms with Crippen LogP contribution >= 0.6 is 11.8 Å². The molecule has 2 rings (SSSR count). The molecule has 0 unspecified atom stereocenters. The van der Waals surface area contributed by atoms with Crippen LogP contribution in [0.5, 0.6) is 0 Å². The number of benzene rings is 1. The average molecular weight is 308 g/mol. The molecule has 2 aromatic rings. The quantitative estimate of drug-likeness (QED) is 0.294. The van der Waals surface area contributed by atoms with Crippen LogP contribution in [0.15, 0.2) is 51.6 Å². The summed E-state index contributed by atoms with van der Waals surface area (Å²) >= 11 is 0.826. The van der Waals surface area contributed by atoms with Crippen LogP contribution in [0.2, 0.25) is 0 Å². The van der Waals surface area contributed by atoms with E-state index >= 15 is 0 Å². The third-order valence-corrected chi connectivity index (χ3v) is 3.53. The second-order valence-electron chi connectivity index (χ2n) is 3.82. The van der Waals surface area contributed by atoms with Gasteiger partial charge in [0.15, 0.2) is 10.9 Å². The Morgan fingerprint density at radius 1 is 1.48 bits per heavy atom. The summed E-state index contributed by atoms with van der Waals surface area (Å²) in [6.45, 7) is 0. The van der Waals surface area contributed by atoms with E-state index in [0.717, 1.165) is 17.8 Å². The van der Waals surface area contributed by atoms with Crippen molar-refractivity contribution in [2.24, 2.45) is 10.9 Å². The van der Waals surface area contributed by atoms with Gasteiger partial charge in [-0.1, -0.05) is 29.1 Å². The standard InChI is InChI=1S/C12H9FN4O3S/c13-8-3-1-2-4-10(8)21-12-9(17(19)20)5-7(6-15-12)11(14)16-18/h1-6,18H,(H2,14,16). The molecule has 0 amide bonds. The fourth-order valence-electron chi connectivity index (χ4n) is 1.48. The van der Waals surface area contributed by atoms with Crippen molar-refractivity contribution >= 4 is 23.3 Å². The SMILES string of the molecule is N/C(=N/O)c1cnc(Sc2ccccc2F)c([N+](=O)[O-])c1. The van der Waals surface area contributed by atoms with E-state index in [-0.39, 0.29) is 27.0 Å². The number of rotatable bonds is 4. The maximum atomic E-state index is 13.6. The number of halogens is 1. The molecule has 108 valence electrons. The van der Waals surface area contributed by atoms with Gasteiger partial charge in [0.25, 0.3) is 0 Å². The number of hydrogen-bond donors (Lipinski definition) is 2. The zero-order chi connectivity index (χ0) is 15.4. The topological polar surface area (TPSA) is 115 Å². The van der Waals surface area contributed by atoms with Crippen LogP contribution in [0.25, 0.3) is 0 Å². The van der Waals surface area contributed by atoms with Crippen molar-refractivity contribution in [2.75, 3.05) is 0 Å². The van der Waals surface area contributed by atoms with Crippen LogP contribution in [-0.2, 0) is 0 Å². The maximum Gasteiger partial charge on any atom is 0.302 e. The highest BCUT2D eigenvalue weighted by molar-refractivity contribution is 7.99. The Kier molecular flexibility index (Phi) is 4.33. The fourth-order valence-corrected chi connectivity index (χ4v) is 2.34. The molecule has 1 aromatic carbocycles. The van der Waals surface area contributed by atoms with E-state index in [4.69, 9.17) is 10.9 Å². The highest BCUT2D eigenvalue weighted by Crippen LogP contribution is 2.34. The molecule has 0 saturated heterocycles. The lowest BCUT2D eigenvalue weighted by atomic mass is 10.2. The van der Waals surface area contributed by atoms with E-state index in [0.29, 0.717) is 0 Å². The van der Waals surface area contributed by atoms with Gasteiger partial charge in [-0.05, 0) is 12.1 Å². The molecule has 0 radical (unpaired) electrons. The van der Waals surface area contributed by atoms with Crippen LogP contribution < -0.4 is 5.73 Å². The highest BCUT2D eigenvalue weighted by Gasteiger charge is 2.19. The highest BCUT2D eigenvalue weighted by atomic mass is 32.2. The van der Waals surface area contributed by atoms with Crippen LogP contribution in [0, 0.1) is 15.9 Å². The molecule has 0 aliphatic heterocycles. The molecule has 1 aromatic heterocycles. The van der Waals surface area contributed by atoms with Crippen molar-refractivity contribution in [1.82, 2.24) is 4.98 Å². The van der Waals surface area contributed by atoms with Crippen molar-refractivity contribution in [3.05, 3.63) is 58.0 Å². The number of oxime groups is 1. The van der Waals surface area contributed by atoms with Gasteiger partial charge in [-0.25, -0.2) is 9.37 Å². The number of amidine groups is 1. The van der Waals surface area contributed by atoms with Gasteiger partial charge >= 0.3 is 5.69 Å². The molecule has 3 N–H and O–H groups in total. The van der Waals surface area contributed by atoms with E-state index < -0.39 is 10.7 Å². The van der Waals surface area contributed by atoms with Gasteiger partial charge in [-0.2, -0.15) is 0 Å². The lowest BCUT2D eigenvalue weighted by molar-refractivity contribution is -0.388. The van der Waals surface area contributed by atoms with Gasteiger partial charge in [-0.15, -0.1) is 0 Å². The molecule has 0 aliphatic rings. The maximum absolute atomic E-state index is 13.6. The van der Waals surface area contributed by atoms with Crippen molar-refractivity contribution in [2.45, 2.75) is 9.92 Å². The van der Waals surface area contributed by atoms with E-state index in [1.165, 1.54) is 24.4 Å². The number of nitrogens with zero attached hydrogens (tertiary/aromatic N) is 3. The molecule has 21 heavy (non-hydrogen) atoms. The predicted molar refractivity (Wildman–Crippen MR) is 73.9 cm³/mol. The Morgan fingerprint density at radius 2 is 2.19 bits per heavy atom. The van der Waals surface area contributed by atoms with Gasteiger partial charge < -0.3 is 10.9 Å². The molecule has 7 nitrogen and oxygen atoms in total. The van der Waals surface area contributed by atoms with Gasteiger partial charge in [0.1, 0.15) is 5.82 Å². The fraction of sp³-hybridized carbons (Fsp3) is 0. The minimum atomic E-state index is -0.662. The van der Waals surface area contributed by atoms with Crippen LogP contribution in [0.1, 0.15) is 5.56 Å². The molecule has 0 spiro atoms. The number of pyridine rings is 1. The summed E-state index contributed by atoms with van der Waals surface area (Å²) in [5.74, 6) is -0.799. The van der Waals surface area contributed by atoms with Crippen molar-refractivity contribution < 1.29 is 14.5 Å². The predicted octanol–water partition coefficient (Wildman–Crippen LogP) is 2.37. The van der Waals surface area contributed by atoms with E-state index in [1.807, 2.05) is 0 Å². The molecule has 0 fully saturated rings. The first-order valence-corrected chi connectivity index (χ1v) is 6.39. The van der Waals surface area contributed by atoms with Gasteiger partial charge in [-0.3, -0.25) is 10.1 Å². The Morgan fingerprint density at radius 3 is 2.81 bits per heavy atom. The van der Waals surface area contributed by atoms with Crippen molar-refractivity contribution in [3.8, 4) is 0 Å². The normalized spacial score (nSPS) is 11.4. The van der Waals surface area contributed by atoms with Crippen LogP contribution in [0.4, 0.5) is 10.1 Å². The summed E-state index contributed by atoms with van der Waals surface area (Å²) in [6, 6.07) is 6.98. The van der Waals surface area contributed by atoms with Crippen LogP contribution in [0.3, 0.4) is 0 Å². The molecule has 9 heteroatoms. The molecular weight excluding hydrogens is 299 g/mol. The summed E-state index contributed by atoms with van der Waals surface area (Å²) in [5, 5.41) is 22.4. The lowest BCUT2D eigenvalue weighted by Gasteiger charge is -2.05. The first-order valence-electron chi connectivity index (χ1n) is 5.57. The van der Waals surface area contributed by atoms with E-state index in [1.54, 1.807) is 6.07 Å². The number of nitro groups is 1. The monoisotopic (exact) mass is 308 g/mol. The van der Waals surface area contributed by atoms with Crippen molar-refractivity contribution in [1.29, 1.82) is 0 Å². The van der Waals surface area contributed by atoms with Gasteiger partial charge in [0, 0.05) is 22.7 Å². The largest absolute Gasteiger partial charge is 0.409 e. The van der Waals surface area contributed by atoms with Gasteiger partial charge in [0.05, 0.1) is 4.92 Å². The van der Waals surface area contributed by atoms with Crippen molar-refractivity contribution in [3.63, 3.8) is 0 Å². The molecule has 0 bridgehead atoms. The minimum Gasteiger partial charge on any atom is -0.409 e. The molecule has 0 aliphatic carbocycles. The Balaban J connectivity index is 2.44. The summed E-state index contributed by atoms with van der Waals surface area (Å²) in [4.78, 5) is 14.5. The molecule has 1 heterocycles. The second-order valence-corrected chi connectivity index (χ2v) is 4.85. The summed E-state index contributed by atoms with van der Waals surface area (Å²) in [6.07, 6.45) is 1.21. The van der Waals surface area contributed by atoms with E-state index in [9.17, 15) is 14.5 Å². The second kappa shape index (κ2) is 6.18. The first kappa shape index (κ1) is 14.7. The zero-order valence-corrected chi connectivity index (χ0v) is 11.2. The smallest absolute Gasteiger partial charge is 0.302 e. The minimum absolute atomic E-state index is 0.0135. The number of aromatic nitrogens is 1.